The maximum Gasteiger partial charge on any atom is 0.340 e. The monoisotopic (exact) mass is 471 g/mol. The van der Waals surface area contributed by atoms with Gasteiger partial charge in [0, 0.05) is 18.7 Å². The van der Waals surface area contributed by atoms with E-state index in [2.05, 4.69) is 0 Å². The molecule has 0 spiro atoms. The van der Waals surface area contributed by atoms with Gasteiger partial charge >= 0.3 is 5.97 Å². The molecule has 0 aliphatic carbocycles. The Morgan fingerprint density at radius 2 is 1.62 bits per heavy atom. The van der Waals surface area contributed by atoms with Crippen LogP contribution in [0.4, 0.5) is 0 Å². The number of esters is 1. The van der Waals surface area contributed by atoms with Gasteiger partial charge in [0.15, 0.2) is 6.61 Å². The van der Waals surface area contributed by atoms with Crippen LogP contribution in [0.5, 0.6) is 0 Å². The van der Waals surface area contributed by atoms with Gasteiger partial charge < -0.3 is 4.74 Å². The molecule has 4 rings (SSSR count). The number of carbonyl (C=O) groups is 2. The minimum atomic E-state index is -3.73. The Morgan fingerprint density at radius 3 is 2.41 bits per heavy atom. The van der Waals surface area contributed by atoms with Gasteiger partial charge in [0.1, 0.15) is 0 Å². The van der Waals surface area contributed by atoms with Crippen LogP contribution in [0, 0.1) is 0 Å². The van der Waals surface area contributed by atoms with E-state index in [9.17, 15) is 18.0 Å². The molecule has 1 saturated heterocycles. The topological polar surface area (TPSA) is 80.8 Å². The van der Waals surface area contributed by atoms with E-state index in [1.165, 1.54) is 22.5 Å². The van der Waals surface area contributed by atoms with E-state index in [1.54, 1.807) is 12.1 Å². The predicted molar refractivity (Wildman–Crippen MR) is 123 cm³/mol. The second kappa shape index (κ2) is 9.40. The van der Waals surface area contributed by atoms with Crippen molar-refractivity contribution >= 4 is 44.1 Å². The number of rotatable bonds is 6. The number of ether oxygens (including phenoxy) is 1. The zero-order valence-corrected chi connectivity index (χ0v) is 18.9. The first-order valence-electron chi connectivity index (χ1n) is 10.4. The molecule has 0 aromatic heterocycles. The fourth-order valence-corrected chi connectivity index (χ4v) is 5.57. The summed E-state index contributed by atoms with van der Waals surface area (Å²) in [5.41, 5.74) is 0.360. The first-order valence-corrected chi connectivity index (χ1v) is 12.2. The number of halogens is 1. The molecule has 3 aromatic carbocycles. The minimum absolute atomic E-state index is 0.0175. The lowest BCUT2D eigenvalue weighted by atomic mass is 10.0. The van der Waals surface area contributed by atoms with Gasteiger partial charge in [-0.05, 0) is 41.8 Å². The summed E-state index contributed by atoms with van der Waals surface area (Å²) in [4.78, 5) is 25.3. The smallest absolute Gasteiger partial charge is 0.340 e. The largest absolute Gasteiger partial charge is 0.454 e. The first-order chi connectivity index (χ1) is 15.4. The van der Waals surface area contributed by atoms with E-state index >= 15 is 0 Å². The summed E-state index contributed by atoms with van der Waals surface area (Å²) in [6, 6.07) is 16.7. The van der Waals surface area contributed by atoms with Crippen LogP contribution >= 0.6 is 11.6 Å². The van der Waals surface area contributed by atoms with Crippen LogP contribution in [0.3, 0.4) is 0 Å². The van der Waals surface area contributed by atoms with E-state index < -0.39 is 22.6 Å². The molecule has 8 heteroatoms. The molecule has 1 aliphatic rings. The lowest BCUT2D eigenvalue weighted by molar-refractivity contribution is 0.0475. The van der Waals surface area contributed by atoms with Crippen molar-refractivity contribution in [3.05, 3.63) is 76.8 Å². The normalized spacial score (nSPS) is 14.9. The van der Waals surface area contributed by atoms with Gasteiger partial charge in [-0.2, -0.15) is 4.31 Å². The van der Waals surface area contributed by atoms with Gasteiger partial charge in [-0.1, -0.05) is 60.5 Å². The highest BCUT2D eigenvalue weighted by Crippen LogP contribution is 2.26. The fourth-order valence-electron chi connectivity index (χ4n) is 3.83. The van der Waals surface area contributed by atoms with E-state index in [-0.39, 0.29) is 21.3 Å². The fraction of sp³-hybridized carbons (Fsp3) is 0.250. The number of hydrogen-bond donors (Lipinski definition) is 0. The van der Waals surface area contributed by atoms with Crippen LogP contribution in [0.1, 0.15) is 40.0 Å². The molecule has 0 amide bonds. The Morgan fingerprint density at radius 1 is 0.906 bits per heavy atom. The highest BCUT2D eigenvalue weighted by Gasteiger charge is 2.27. The summed E-state index contributed by atoms with van der Waals surface area (Å²) in [6.07, 6.45) is 2.60. The summed E-state index contributed by atoms with van der Waals surface area (Å²) in [5.74, 6) is -1.21. The van der Waals surface area contributed by atoms with E-state index in [1.807, 2.05) is 30.3 Å². The Balaban J connectivity index is 1.52. The van der Waals surface area contributed by atoms with Gasteiger partial charge in [0.2, 0.25) is 15.8 Å². The van der Waals surface area contributed by atoms with Gasteiger partial charge in [-0.15, -0.1) is 0 Å². The van der Waals surface area contributed by atoms with Gasteiger partial charge in [-0.3, -0.25) is 4.79 Å². The van der Waals surface area contributed by atoms with Crippen molar-refractivity contribution in [2.75, 3.05) is 19.7 Å². The molecule has 0 N–H and O–H groups in total. The zero-order chi connectivity index (χ0) is 22.7. The SMILES string of the molecule is O=C(OCC(=O)c1cccc2ccccc12)c1cc(S(=O)(=O)N2CCCCC2)ccc1Cl. The minimum Gasteiger partial charge on any atom is -0.454 e. The van der Waals surface area contributed by atoms with Crippen LogP contribution in [-0.4, -0.2) is 44.2 Å². The van der Waals surface area contributed by atoms with Crippen molar-refractivity contribution in [1.82, 2.24) is 4.31 Å². The van der Waals surface area contributed by atoms with Gasteiger partial charge in [-0.25, -0.2) is 13.2 Å². The maximum atomic E-state index is 12.9. The first kappa shape index (κ1) is 22.5. The van der Waals surface area contributed by atoms with Crippen molar-refractivity contribution in [3.8, 4) is 0 Å². The number of fused-ring (bicyclic) bond motifs is 1. The van der Waals surface area contributed by atoms with Crippen LogP contribution < -0.4 is 0 Å². The van der Waals surface area contributed by atoms with Crippen molar-refractivity contribution in [3.63, 3.8) is 0 Å². The quantitative estimate of drug-likeness (QED) is 0.384. The van der Waals surface area contributed by atoms with E-state index in [4.69, 9.17) is 16.3 Å². The molecule has 6 nitrogen and oxygen atoms in total. The Bertz CT molecular complexity index is 1280. The third-order valence-corrected chi connectivity index (χ3v) is 7.76. The number of piperidine rings is 1. The number of sulfonamides is 1. The highest BCUT2D eigenvalue weighted by atomic mass is 35.5. The summed E-state index contributed by atoms with van der Waals surface area (Å²) in [5, 5.41) is 1.73. The molecule has 0 saturated carbocycles. The third-order valence-electron chi connectivity index (χ3n) is 5.53. The molecular weight excluding hydrogens is 450 g/mol. The van der Waals surface area contributed by atoms with Crippen LogP contribution in [-0.2, 0) is 14.8 Å². The summed E-state index contributed by atoms with van der Waals surface area (Å²) < 4.78 is 32.5. The van der Waals surface area contributed by atoms with Crippen molar-refractivity contribution in [2.45, 2.75) is 24.2 Å². The summed E-state index contributed by atoms with van der Waals surface area (Å²) in [7, 11) is -3.73. The van der Waals surface area contributed by atoms with Crippen LogP contribution in [0.25, 0.3) is 10.8 Å². The Labute approximate surface area is 191 Å². The zero-order valence-electron chi connectivity index (χ0n) is 17.3. The molecule has 32 heavy (non-hydrogen) atoms. The molecule has 0 atom stereocenters. The molecular formula is C24H22ClNO5S. The standard InChI is InChI=1S/C24H22ClNO5S/c25-22-12-11-18(32(29,30)26-13-4-1-5-14-26)15-21(22)24(28)31-16-23(27)20-10-6-8-17-7-2-3-9-19(17)20/h2-3,6-12,15H,1,4-5,13-14,16H2. The lowest BCUT2D eigenvalue weighted by Gasteiger charge is -2.26. The average Bonchev–Trinajstić information content (AvgIpc) is 2.82. The Hall–Kier alpha value is -2.74. The Kier molecular flexibility index (Phi) is 6.60. The molecule has 0 radical (unpaired) electrons. The molecule has 1 aliphatic heterocycles. The molecule has 0 bridgehead atoms. The van der Waals surface area contributed by atoms with Crippen molar-refractivity contribution < 1.29 is 22.7 Å². The van der Waals surface area contributed by atoms with Crippen LogP contribution in [0.2, 0.25) is 5.02 Å². The number of benzene rings is 3. The number of hydrogen-bond acceptors (Lipinski definition) is 5. The van der Waals surface area contributed by atoms with E-state index in [0.717, 1.165) is 30.0 Å². The lowest BCUT2D eigenvalue weighted by Crippen LogP contribution is -2.35. The maximum absolute atomic E-state index is 12.9. The average molecular weight is 472 g/mol. The number of Topliss-reactive ketones (excluding diaryl/α,β-unsaturated/α-hetero) is 1. The van der Waals surface area contributed by atoms with Crippen molar-refractivity contribution in [1.29, 1.82) is 0 Å². The van der Waals surface area contributed by atoms with Crippen molar-refractivity contribution in [2.24, 2.45) is 0 Å². The van der Waals surface area contributed by atoms with Gasteiger partial charge in [0.25, 0.3) is 0 Å². The molecule has 3 aromatic rings. The summed E-state index contributed by atoms with van der Waals surface area (Å²) in [6.45, 7) is 0.417. The third kappa shape index (κ3) is 4.55. The second-order valence-electron chi connectivity index (χ2n) is 7.63. The molecule has 166 valence electrons. The van der Waals surface area contributed by atoms with Crippen LogP contribution in [0.15, 0.2) is 65.6 Å². The number of ketones is 1. The second-order valence-corrected chi connectivity index (χ2v) is 9.98. The molecule has 0 unspecified atom stereocenters. The van der Waals surface area contributed by atoms with E-state index in [0.29, 0.717) is 18.7 Å². The number of nitrogens with zero attached hydrogens (tertiary/aromatic N) is 1. The predicted octanol–water partition coefficient (Wildman–Crippen LogP) is 4.71. The highest BCUT2D eigenvalue weighted by molar-refractivity contribution is 7.89. The molecule has 1 heterocycles. The summed E-state index contributed by atoms with van der Waals surface area (Å²) >= 11 is 6.14. The molecule has 1 fully saturated rings. The number of carbonyl (C=O) groups excluding carboxylic acids is 2. The van der Waals surface area contributed by atoms with Gasteiger partial charge in [0.05, 0.1) is 15.5 Å².